The average molecular weight is 267 g/mol. The molecule has 18 heavy (non-hydrogen) atoms. The fourth-order valence-corrected chi connectivity index (χ4v) is 2.76. The summed E-state index contributed by atoms with van der Waals surface area (Å²) in [5, 5.41) is 3.51. The van der Waals surface area contributed by atoms with E-state index in [9.17, 15) is 4.79 Å². The van der Waals surface area contributed by atoms with Crippen LogP contribution >= 0.6 is 11.6 Å². The summed E-state index contributed by atoms with van der Waals surface area (Å²) in [7, 11) is 0. The average Bonchev–Trinajstić information content (AvgIpc) is 2.72. The molecule has 0 heterocycles. The minimum atomic E-state index is -0.108. The minimum Gasteiger partial charge on any atom is -0.398 e. The van der Waals surface area contributed by atoms with E-state index in [0.717, 1.165) is 12.5 Å². The van der Waals surface area contributed by atoms with Crippen molar-refractivity contribution < 1.29 is 4.79 Å². The van der Waals surface area contributed by atoms with Crippen LogP contribution in [0.5, 0.6) is 0 Å². The van der Waals surface area contributed by atoms with Crippen molar-refractivity contribution in [3.8, 4) is 0 Å². The normalized spacial score (nSPS) is 23.0. The predicted octanol–water partition coefficient (Wildman–Crippen LogP) is 3.09. The molecule has 1 fully saturated rings. The summed E-state index contributed by atoms with van der Waals surface area (Å²) in [6, 6.07) is 4.96. The highest BCUT2D eigenvalue weighted by atomic mass is 35.5. The molecule has 3 N–H and O–H groups in total. The molecule has 2 atom stereocenters. The molecule has 0 saturated heterocycles. The zero-order chi connectivity index (χ0) is 13.1. The van der Waals surface area contributed by atoms with Crippen molar-refractivity contribution in [3.63, 3.8) is 0 Å². The van der Waals surface area contributed by atoms with Crippen LogP contribution in [0.25, 0.3) is 0 Å². The second-order valence-corrected chi connectivity index (χ2v) is 5.66. The molecule has 2 rings (SSSR count). The quantitative estimate of drug-likeness (QED) is 0.826. The molecular formula is C14H19ClN2O. The molecule has 0 spiro atoms. The standard InChI is InChI=1S/C14H19ClN2O/c1-9-2-3-10(6-9)8-17-14(18)12-5-4-11(15)7-13(12)16/h4-5,7,9-10H,2-3,6,8,16H2,1H3,(H,17,18). The van der Waals surface area contributed by atoms with Crippen LogP contribution in [-0.4, -0.2) is 12.5 Å². The van der Waals surface area contributed by atoms with Gasteiger partial charge in [0.1, 0.15) is 0 Å². The lowest BCUT2D eigenvalue weighted by Crippen LogP contribution is -2.29. The number of nitrogens with two attached hydrogens (primary N) is 1. The number of nitrogen functional groups attached to an aromatic ring is 1. The van der Waals surface area contributed by atoms with Gasteiger partial charge in [0.15, 0.2) is 0 Å². The van der Waals surface area contributed by atoms with Crippen LogP contribution in [0.1, 0.15) is 36.5 Å². The number of halogens is 1. The SMILES string of the molecule is CC1CCC(CNC(=O)c2ccc(Cl)cc2N)C1. The van der Waals surface area contributed by atoms with Crippen molar-refractivity contribution in [2.24, 2.45) is 11.8 Å². The summed E-state index contributed by atoms with van der Waals surface area (Å²) in [4.78, 5) is 12.0. The minimum absolute atomic E-state index is 0.108. The largest absolute Gasteiger partial charge is 0.398 e. The second-order valence-electron chi connectivity index (χ2n) is 5.23. The second kappa shape index (κ2) is 5.61. The van der Waals surface area contributed by atoms with Crippen LogP contribution in [0.3, 0.4) is 0 Å². The Hall–Kier alpha value is -1.22. The van der Waals surface area contributed by atoms with E-state index < -0.39 is 0 Å². The number of hydrogen-bond donors (Lipinski definition) is 2. The van der Waals surface area contributed by atoms with Gasteiger partial charge in [-0.1, -0.05) is 24.9 Å². The van der Waals surface area contributed by atoms with Crippen LogP contribution < -0.4 is 11.1 Å². The number of rotatable bonds is 3. The first kappa shape index (κ1) is 13.2. The topological polar surface area (TPSA) is 55.1 Å². The van der Waals surface area contributed by atoms with E-state index >= 15 is 0 Å². The molecule has 0 radical (unpaired) electrons. The van der Waals surface area contributed by atoms with Gasteiger partial charge < -0.3 is 11.1 Å². The molecule has 1 saturated carbocycles. The fraction of sp³-hybridized carbons (Fsp3) is 0.500. The van der Waals surface area contributed by atoms with Crippen LogP contribution in [0, 0.1) is 11.8 Å². The molecule has 0 aromatic heterocycles. The van der Waals surface area contributed by atoms with Crippen molar-refractivity contribution >= 4 is 23.2 Å². The molecule has 1 aliphatic rings. The number of nitrogens with one attached hydrogen (secondary N) is 1. The van der Waals surface area contributed by atoms with Crippen LogP contribution in [0.15, 0.2) is 18.2 Å². The van der Waals surface area contributed by atoms with Gasteiger partial charge in [-0.05, 0) is 42.9 Å². The van der Waals surface area contributed by atoms with Gasteiger partial charge >= 0.3 is 0 Å². The van der Waals surface area contributed by atoms with Crippen LogP contribution in [0.2, 0.25) is 5.02 Å². The molecule has 1 aliphatic carbocycles. The molecule has 2 unspecified atom stereocenters. The summed E-state index contributed by atoms with van der Waals surface area (Å²) in [5.41, 5.74) is 6.72. The fourth-order valence-electron chi connectivity index (χ4n) is 2.58. The Labute approximate surface area is 113 Å². The number of benzene rings is 1. The first-order valence-corrected chi connectivity index (χ1v) is 6.77. The van der Waals surface area contributed by atoms with Crippen molar-refractivity contribution in [3.05, 3.63) is 28.8 Å². The molecule has 1 amide bonds. The molecule has 0 aliphatic heterocycles. The maximum atomic E-state index is 12.0. The zero-order valence-electron chi connectivity index (χ0n) is 10.6. The van der Waals surface area contributed by atoms with E-state index in [2.05, 4.69) is 12.2 Å². The van der Waals surface area contributed by atoms with E-state index in [1.54, 1.807) is 18.2 Å². The van der Waals surface area contributed by atoms with Gasteiger partial charge in [-0.3, -0.25) is 4.79 Å². The van der Waals surface area contributed by atoms with Crippen molar-refractivity contribution in [1.82, 2.24) is 5.32 Å². The van der Waals surface area contributed by atoms with E-state index in [1.165, 1.54) is 19.3 Å². The molecule has 98 valence electrons. The third-order valence-electron chi connectivity index (χ3n) is 3.61. The number of anilines is 1. The zero-order valence-corrected chi connectivity index (χ0v) is 11.3. The maximum Gasteiger partial charge on any atom is 0.253 e. The lowest BCUT2D eigenvalue weighted by atomic mass is 10.1. The predicted molar refractivity (Wildman–Crippen MR) is 74.7 cm³/mol. The Morgan fingerprint density at radius 3 is 2.89 bits per heavy atom. The van der Waals surface area contributed by atoms with Crippen molar-refractivity contribution in [2.75, 3.05) is 12.3 Å². The van der Waals surface area contributed by atoms with Gasteiger partial charge in [-0.15, -0.1) is 0 Å². The Bertz CT molecular complexity index is 447. The van der Waals surface area contributed by atoms with E-state index in [1.807, 2.05) is 0 Å². The van der Waals surface area contributed by atoms with E-state index in [0.29, 0.717) is 22.2 Å². The summed E-state index contributed by atoms with van der Waals surface area (Å²) in [6.07, 6.45) is 3.68. The van der Waals surface area contributed by atoms with Gasteiger partial charge in [0, 0.05) is 17.3 Å². The molecular weight excluding hydrogens is 248 g/mol. The van der Waals surface area contributed by atoms with Gasteiger partial charge in [0.05, 0.1) is 5.56 Å². The number of amides is 1. The van der Waals surface area contributed by atoms with Gasteiger partial charge in [0.2, 0.25) is 0 Å². The highest BCUT2D eigenvalue weighted by Crippen LogP contribution is 2.29. The van der Waals surface area contributed by atoms with E-state index in [-0.39, 0.29) is 5.91 Å². The lowest BCUT2D eigenvalue weighted by molar-refractivity contribution is 0.0948. The molecule has 1 aromatic rings. The summed E-state index contributed by atoms with van der Waals surface area (Å²) < 4.78 is 0. The highest BCUT2D eigenvalue weighted by Gasteiger charge is 2.22. The van der Waals surface area contributed by atoms with Gasteiger partial charge in [-0.25, -0.2) is 0 Å². The Kier molecular flexibility index (Phi) is 4.12. The number of hydrogen-bond acceptors (Lipinski definition) is 2. The van der Waals surface area contributed by atoms with Crippen LogP contribution in [0.4, 0.5) is 5.69 Å². The van der Waals surface area contributed by atoms with Gasteiger partial charge in [-0.2, -0.15) is 0 Å². The monoisotopic (exact) mass is 266 g/mol. The van der Waals surface area contributed by atoms with Gasteiger partial charge in [0.25, 0.3) is 5.91 Å². The van der Waals surface area contributed by atoms with Crippen molar-refractivity contribution in [1.29, 1.82) is 0 Å². The lowest BCUT2D eigenvalue weighted by Gasteiger charge is -2.12. The summed E-state index contributed by atoms with van der Waals surface area (Å²) in [5.74, 6) is 1.29. The maximum absolute atomic E-state index is 12.0. The first-order valence-electron chi connectivity index (χ1n) is 6.39. The highest BCUT2D eigenvalue weighted by molar-refractivity contribution is 6.31. The smallest absolute Gasteiger partial charge is 0.253 e. The molecule has 0 bridgehead atoms. The number of carbonyl (C=O) groups is 1. The Morgan fingerprint density at radius 1 is 1.50 bits per heavy atom. The first-order chi connectivity index (χ1) is 8.56. The summed E-state index contributed by atoms with van der Waals surface area (Å²) >= 11 is 5.81. The molecule has 3 nitrogen and oxygen atoms in total. The Morgan fingerprint density at radius 2 is 2.28 bits per heavy atom. The Balaban J connectivity index is 1.91. The number of carbonyl (C=O) groups excluding carboxylic acids is 1. The van der Waals surface area contributed by atoms with E-state index in [4.69, 9.17) is 17.3 Å². The molecule has 1 aromatic carbocycles. The van der Waals surface area contributed by atoms with Crippen molar-refractivity contribution in [2.45, 2.75) is 26.2 Å². The third-order valence-corrected chi connectivity index (χ3v) is 3.85. The van der Waals surface area contributed by atoms with Crippen LogP contribution in [-0.2, 0) is 0 Å². The third kappa shape index (κ3) is 3.16. The summed E-state index contributed by atoms with van der Waals surface area (Å²) in [6.45, 7) is 3.00. The molecule has 4 heteroatoms.